The summed E-state index contributed by atoms with van der Waals surface area (Å²) >= 11 is 0. The fraction of sp³-hybridized carbons (Fsp3) is 0.500. The van der Waals surface area contributed by atoms with Gasteiger partial charge in [0.2, 0.25) is 0 Å². The van der Waals surface area contributed by atoms with E-state index in [0.29, 0.717) is 6.54 Å². The predicted octanol–water partition coefficient (Wildman–Crippen LogP) is 0.793. The highest BCUT2D eigenvalue weighted by Crippen LogP contribution is 2.30. The Labute approximate surface area is 77.1 Å². The van der Waals surface area contributed by atoms with Crippen LogP contribution < -0.4 is 5.32 Å². The number of allylic oxidation sites excluding steroid dienone is 3. The maximum Gasteiger partial charge on any atom is 0.308 e. The van der Waals surface area contributed by atoms with Crippen LogP contribution in [-0.4, -0.2) is 24.2 Å². The van der Waals surface area contributed by atoms with Crippen molar-refractivity contribution in [3.05, 3.63) is 23.8 Å². The van der Waals surface area contributed by atoms with Crippen molar-refractivity contribution < 1.29 is 9.90 Å². The Morgan fingerprint density at radius 3 is 3.23 bits per heavy atom. The molecule has 2 unspecified atom stereocenters. The van der Waals surface area contributed by atoms with E-state index >= 15 is 0 Å². The summed E-state index contributed by atoms with van der Waals surface area (Å²) in [6, 6.07) is 0. The molecule has 1 saturated heterocycles. The zero-order valence-corrected chi connectivity index (χ0v) is 7.36. The summed E-state index contributed by atoms with van der Waals surface area (Å²) in [5.41, 5.74) is 1.24. The molecule has 1 fully saturated rings. The number of carboxylic acids is 1. The van der Waals surface area contributed by atoms with E-state index in [4.69, 9.17) is 5.11 Å². The molecule has 1 heterocycles. The Kier molecular flexibility index (Phi) is 2.19. The van der Waals surface area contributed by atoms with Crippen LogP contribution in [-0.2, 0) is 4.79 Å². The third-order valence-corrected chi connectivity index (χ3v) is 2.81. The minimum absolute atomic E-state index is 0.226. The number of aliphatic carboxylic acids is 1. The number of fused-ring (bicyclic) bond motifs is 1. The number of carbonyl (C=O) groups is 1. The van der Waals surface area contributed by atoms with Gasteiger partial charge < -0.3 is 10.4 Å². The first-order valence-electron chi connectivity index (χ1n) is 4.58. The third-order valence-electron chi connectivity index (χ3n) is 2.81. The van der Waals surface area contributed by atoms with Gasteiger partial charge in [0.25, 0.3) is 0 Å². The first-order valence-corrected chi connectivity index (χ1v) is 4.58. The SMILES string of the molecule is O=C(O)C1CNCC2=CC=CCC21. The van der Waals surface area contributed by atoms with Crippen LogP contribution in [0.2, 0.25) is 0 Å². The van der Waals surface area contributed by atoms with Crippen molar-refractivity contribution in [1.82, 2.24) is 5.32 Å². The predicted molar refractivity (Wildman–Crippen MR) is 49.3 cm³/mol. The molecule has 0 saturated carbocycles. The van der Waals surface area contributed by atoms with Crippen LogP contribution in [0.1, 0.15) is 6.42 Å². The highest BCUT2D eigenvalue weighted by molar-refractivity contribution is 5.71. The van der Waals surface area contributed by atoms with Gasteiger partial charge in [-0.1, -0.05) is 23.8 Å². The molecular formula is C10H13NO2. The van der Waals surface area contributed by atoms with Crippen molar-refractivity contribution in [1.29, 1.82) is 0 Å². The van der Waals surface area contributed by atoms with Crippen molar-refractivity contribution in [3.8, 4) is 0 Å². The van der Waals surface area contributed by atoms with Crippen LogP contribution in [0.5, 0.6) is 0 Å². The van der Waals surface area contributed by atoms with Crippen LogP contribution in [0.15, 0.2) is 23.8 Å². The zero-order valence-electron chi connectivity index (χ0n) is 7.36. The maximum absolute atomic E-state index is 10.9. The Bertz CT molecular complexity index is 281. The van der Waals surface area contributed by atoms with E-state index in [-0.39, 0.29) is 11.8 Å². The summed E-state index contributed by atoms with van der Waals surface area (Å²) < 4.78 is 0. The Morgan fingerprint density at radius 1 is 1.62 bits per heavy atom. The third kappa shape index (κ3) is 1.52. The highest BCUT2D eigenvalue weighted by atomic mass is 16.4. The average Bonchev–Trinajstić information content (AvgIpc) is 2.17. The normalized spacial score (nSPS) is 32.2. The number of carboxylic acid groups (broad SMARTS) is 1. The van der Waals surface area contributed by atoms with E-state index in [9.17, 15) is 4.79 Å². The van der Waals surface area contributed by atoms with Gasteiger partial charge in [-0.05, 0) is 12.3 Å². The van der Waals surface area contributed by atoms with Crippen molar-refractivity contribution in [2.45, 2.75) is 6.42 Å². The van der Waals surface area contributed by atoms with Crippen LogP contribution in [0, 0.1) is 11.8 Å². The first kappa shape index (κ1) is 8.51. The monoisotopic (exact) mass is 179 g/mol. The number of rotatable bonds is 1. The molecule has 70 valence electrons. The van der Waals surface area contributed by atoms with Gasteiger partial charge in [0.05, 0.1) is 5.92 Å². The average molecular weight is 179 g/mol. The fourth-order valence-electron chi connectivity index (χ4n) is 2.08. The molecule has 2 rings (SSSR count). The zero-order chi connectivity index (χ0) is 9.26. The van der Waals surface area contributed by atoms with Gasteiger partial charge >= 0.3 is 5.97 Å². The molecule has 0 radical (unpaired) electrons. The molecular weight excluding hydrogens is 166 g/mol. The molecule has 0 aromatic rings. The minimum atomic E-state index is -0.682. The summed E-state index contributed by atoms with van der Waals surface area (Å²) in [5.74, 6) is -0.702. The molecule has 1 aliphatic carbocycles. The molecule has 0 amide bonds. The summed E-state index contributed by atoms with van der Waals surface area (Å²) in [7, 11) is 0. The van der Waals surface area contributed by atoms with E-state index in [0.717, 1.165) is 13.0 Å². The van der Waals surface area contributed by atoms with Gasteiger partial charge in [0, 0.05) is 13.1 Å². The number of hydrogen-bond donors (Lipinski definition) is 2. The van der Waals surface area contributed by atoms with Crippen LogP contribution >= 0.6 is 0 Å². The fourth-order valence-corrected chi connectivity index (χ4v) is 2.08. The van der Waals surface area contributed by atoms with Crippen LogP contribution in [0.3, 0.4) is 0 Å². The summed E-state index contributed by atoms with van der Waals surface area (Å²) in [5, 5.41) is 12.1. The largest absolute Gasteiger partial charge is 0.481 e. The second-order valence-corrected chi connectivity index (χ2v) is 3.59. The molecule has 0 aromatic heterocycles. The molecule has 0 bridgehead atoms. The number of nitrogens with one attached hydrogen (secondary N) is 1. The van der Waals surface area contributed by atoms with Gasteiger partial charge in [0.15, 0.2) is 0 Å². The minimum Gasteiger partial charge on any atom is -0.481 e. The summed E-state index contributed by atoms with van der Waals surface area (Å²) in [4.78, 5) is 10.9. The summed E-state index contributed by atoms with van der Waals surface area (Å²) in [6.07, 6.45) is 6.98. The van der Waals surface area contributed by atoms with Gasteiger partial charge in [-0.25, -0.2) is 0 Å². The molecule has 3 heteroatoms. The lowest BCUT2D eigenvalue weighted by Gasteiger charge is -2.32. The molecule has 2 aliphatic rings. The van der Waals surface area contributed by atoms with E-state index in [1.807, 2.05) is 12.2 Å². The molecule has 13 heavy (non-hydrogen) atoms. The second kappa shape index (κ2) is 3.34. The lowest BCUT2D eigenvalue weighted by molar-refractivity contribution is -0.143. The number of piperidine rings is 1. The van der Waals surface area contributed by atoms with Crippen molar-refractivity contribution in [2.24, 2.45) is 11.8 Å². The molecule has 1 aliphatic heterocycles. The maximum atomic E-state index is 10.9. The lowest BCUT2D eigenvalue weighted by Crippen LogP contribution is -2.42. The first-order chi connectivity index (χ1) is 6.29. The quantitative estimate of drug-likeness (QED) is 0.625. The molecule has 0 spiro atoms. The molecule has 2 N–H and O–H groups in total. The van der Waals surface area contributed by atoms with Crippen molar-refractivity contribution in [2.75, 3.05) is 13.1 Å². The van der Waals surface area contributed by atoms with Crippen molar-refractivity contribution in [3.63, 3.8) is 0 Å². The Hall–Kier alpha value is -1.09. The van der Waals surface area contributed by atoms with Gasteiger partial charge in [0.1, 0.15) is 0 Å². The van der Waals surface area contributed by atoms with E-state index in [2.05, 4.69) is 11.4 Å². The van der Waals surface area contributed by atoms with Gasteiger partial charge in [-0.15, -0.1) is 0 Å². The van der Waals surface area contributed by atoms with Gasteiger partial charge in [-0.2, -0.15) is 0 Å². The van der Waals surface area contributed by atoms with Crippen molar-refractivity contribution >= 4 is 5.97 Å². The van der Waals surface area contributed by atoms with E-state index < -0.39 is 5.97 Å². The second-order valence-electron chi connectivity index (χ2n) is 3.59. The van der Waals surface area contributed by atoms with Crippen LogP contribution in [0.4, 0.5) is 0 Å². The highest BCUT2D eigenvalue weighted by Gasteiger charge is 2.33. The van der Waals surface area contributed by atoms with E-state index in [1.165, 1.54) is 5.57 Å². The smallest absolute Gasteiger partial charge is 0.308 e. The summed E-state index contributed by atoms with van der Waals surface area (Å²) in [6.45, 7) is 1.45. The van der Waals surface area contributed by atoms with E-state index in [1.54, 1.807) is 0 Å². The van der Waals surface area contributed by atoms with Crippen LogP contribution in [0.25, 0.3) is 0 Å². The Balaban J connectivity index is 2.20. The topological polar surface area (TPSA) is 49.3 Å². The molecule has 0 aromatic carbocycles. The molecule has 2 atom stereocenters. The molecule has 3 nitrogen and oxygen atoms in total. The van der Waals surface area contributed by atoms with Gasteiger partial charge in [-0.3, -0.25) is 4.79 Å². The Morgan fingerprint density at radius 2 is 2.46 bits per heavy atom. The standard InChI is InChI=1S/C10H13NO2/c12-10(13)9-6-11-5-7-3-1-2-4-8(7)9/h1-3,8-9,11H,4-6H2,(H,12,13). The lowest BCUT2D eigenvalue weighted by atomic mass is 9.78. The number of hydrogen-bond acceptors (Lipinski definition) is 2.